The molecule has 0 spiro atoms. The van der Waals surface area contributed by atoms with Crippen molar-refractivity contribution in [2.45, 2.75) is 32.6 Å². The zero-order chi connectivity index (χ0) is 16.9. The lowest BCUT2D eigenvalue weighted by atomic mass is 9.98. The highest BCUT2D eigenvalue weighted by molar-refractivity contribution is 5.93. The summed E-state index contributed by atoms with van der Waals surface area (Å²) in [5.41, 5.74) is 0.399. The number of amides is 1. The largest absolute Gasteiger partial charge is 0.466 e. The van der Waals surface area contributed by atoms with Crippen LogP contribution in [-0.2, 0) is 9.53 Å². The third kappa shape index (κ3) is 3.66. The number of hydrogen-bond acceptors (Lipinski definition) is 6. The smallest absolute Gasteiger partial charge is 0.310 e. The summed E-state index contributed by atoms with van der Waals surface area (Å²) in [5.74, 6) is 0.231. The summed E-state index contributed by atoms with van der Waals surface area (Å²) < 4.78 is 5.09. The summed E-state index contributed by atoms with van der Waals surface area (Å²) in [4.78, 5) is 37.0. The summed E-state index contributed by atoms with van der Waals surface area (Å²) in [5, 5.41) is 0. The van der Waals surface area contributed by atoms with Gasteiger partial charge in [-0.2, -0.15) is 0 Å². The van der Waals surface area contributed by atoms with E-state index in [0.717, 1.165) is 44.6 Å². The zero-order valence-electron chi connectivity index (χ0n) is 14.1. The molecule has 130 valence electrons. The standard InChI is InChI=1S/C17H24N4O3/c1-2-24-17(23)13-6-5-9-21(11-13)16(22)14-10-15(19-12-18-14)20-7-3-4-8-20/h10,12-13H,2-9,11H2,1H3. The van der Waals surface area contributed by atoms with Crippen molar-refractivity contribution in [2.75, 3.05) is 37.7 Å². The zero-order valence-corrected chi connectivity index (χ0v) is 14.1. The highest BCUT2D eigenvalue weighted by Gasteiger charge is 2.30. The quantitative estimate of drug-likeness (QED) is 0.778. The number of nitrogens with zero attached hydrogens (tertiary/aromatic N) is 4. The Kier molecular flexibility index (Phi) is 5.27. The Balaban J connectivity index is 1.69. The van der Waals surface area contributed by atoms with E-state index in [-0.39, 0.29) is 17.8 Å². The number of anilines is 1. The van der Waals surface area contributed by atoms with Gasteiger partial charge in [-0.1, -0.05) is 0 Å². The van der Waals surface area contributed by atoms with E-state index in [4.69, 9.17) is 4.74 Å². The first-order valence-corrected chi connectivity index (χ1v) is 8.72. The van der Waals surface area contributed by atoms with Gasteiger partial charge in [0.1, 0.15) is 17.8 Å². The predicted octanol–water partition coefficient (Wildman–Crippen LogP) is 1.49. The molecule has 3 rings (SSSR count). The van der Waals surface area contributed by atoms with Gasteiger partial charge in [0.15, 0.2) is 0 Å². The van der Waals surface area contributed by atoms with Crippen LogP contribution in [0.25, 0.3) is 0 Å². The number of aromatic nitrogens is 2. The second-order valence-corrected chi connectivity index (χ2v) is 6.30. The lowest BCUT2D eigenvalue weighted by Crippen LogP contribution is -2.43. The molecule has 0 aliphatic carbocycles. The Morgan fingerprint density at radius 1 is 1.21 bits per heavy atom. The van der Waals surface area contributed by atoms with Crippen molar-refractivity contribution in [2.24, 2.45) is 5.92 Å². The van der Waals surface area contributed by atoms with E-state index in [1.165, 1.54) is 6.33 Å². The van der Waals surface area contributed by atoms with Gasteiger partial charge in [0.2, 0.25) is 0 Å². The molecular formula is C17H24N4O3. The monoisotopic (exact) mass is 332 g/mol. The van der Waals surface area contributed by atoms with Gasteiger partial charge in [0.05, 0.1) is 12.5 Å². The molecule has 1 aromatic heterocycles. The number of carbonyl (C=O) groups excluding carboxylic acids is 2. The van der Waals surface area contributed by atoms with Crippen LogP contribution in [0.3, 0.4) is 0 Å². The summed E-state index contributed by atoms with van der Waals surface area (Å²) >= 11 is 0. The van der Waals surface area contributed by atoms with E-state index in [1.807, 2.05) is 0 Å². The van der Waals surface area contributed by atoms with Gasteiger partial charge in [-0.15, -0.1) is 0 Å². The highest BCUT2D eigenvalue weighted by atomic mass is 16.5. The first-order chi connectivity index (χ1) is 11.7. The van der Waals surface area contributed by atoms with Crippen molar-refractivity contribution in [1.29, 1.82) is 0 Å². The molecule has 24 heavy (non-hydrogen) atoms. The molecule has 0 saturated carbocycles. The van der Waals surface area contributed by atoms with Gasteiger partial charge < -0.3 is 14.5 Å². The Bertz CT molecular complexity index is 601. The lowest BCUT2D eigenvalue weighted by Gasteiger charge is -2.31. The number of rotatable bonds is 4. The molecule has 2 saturated heterocycles. The lowest BCUT2D eigenvalue weighted by molar-refractivity contribution is -0.149. The molecule has 7 heteroatoms. The maximum atomic E-state index is 12.8. The molecular weight excluding hydrogens is 308 g/mol. The number of likely N-dealkylation sites (tertiary alicyclic amines) is 1. The highest BCUT2D eigenvalue weighted by Crippen LogP contribution is 2.21. The minimum absolute atomic E-state index is 0.133. The van der Waals surface area contributed by atoms with Crippen LogP contribution in [0.1, 0.15) is 43.1 Å². The van der Waals surface area contributed by atoms with Crippen molar-refractivity contribution in [3.63, 3.8) is 0 Å². The van der Waals surface area contributed by atoms with Gasteiger partial charge in [0.25, 0.3) is 5.91 Å². The molecule has 2 aliphatic heterocycles. The molecule has 0 radical (unpaired) electrons. The normalized spacial score (nSPS) is 21.0. The fraction of sp³-hybridized carbons (Fsp3) is 0.647. The predicted molar refractivity (Wildman–Crippen MR) is 88.7 cm³/mol. The van der Waals surface area contributed by atoms with E-state index in [2.05, 4.69) is 14.9 Å². The third-order valence-electron chi connectivity index (χ3n) is 4.63. The van der Waals surface area contributed by atoms with Crippen molar-refractivity contribution in [3.05, 3.63) is 18.1 Å². The Morgan fingerprint density at radius 3 is 2.75 bits per heavy atom. The van der Waals surface area contributed by atoms with Crippen LogP contribution < -0.4 is 4.90 Å². The minimum atomic E-state index is -0.234. The molecule has 7 nitrogen and oxygen atoms in total. The van der Waals surface area contributed by atoms with Crippen molar-refractivity contribution in [3.8, 4) is 0 Å². The molecule has 1 aromatic rings. The first-order valence-electron chi connectivity index (χ1n) is 8.72. The average molecular weight is 332 g/mol. The van der Waals surface area contributed by atoms with Crippen molar-refractivity contribution in [1.82, 2.24) is 14.9 Å². The fourth-order valence-corrected chi connectivity index (χ4v) is 3.36. The Morgan fingerprint density at radius 2 is 2.00 bits per heavy atom. The van der Waals surface area contributed by atoms with Crippen LogP contribution in [0.15, 0.2) is 12.4 Å². The summed E-state index contributed by atoms with van der Waals surface area (Å²) in [6.45, 7) is 5.16. The summed E-state index contributed by atoms with van der Waals surface area (Å²) in [6, 6.07) is 1.77. The Labute approximate surface area is 142 Å². The Hall–Kier alpha value is -2.18. The topological polar surface area (TPSA) is 75.6 Å². The van der Waals surface area contributed by atoms with Gasteiger partial charge in [-0.3, -0.25) is 9.59 Å². The summed E-state index contributed by atoms with van der Waals surface area (Å²) in [7, 11) is 0. The SMILES string of the molecule is CCOC(=O)C1CCCN(C(=O)c2cc(N3CCCC3)ncn2)C1. The van der Waals surface area contributed by atoms with E-state index < -0.39 is 0 Å². The van der Waals surface area contributed by atoms with Gasteiger partial charge in [-0.25, -0.2) is 9.97 Å². The molecule has 1 unspecified atom stereocenters. The van der Waals surface area contributed by atoms with Crippen LogP contribution in [0, 0.1) is 5.92 Å². The average Bonchev–Trinajstić information content (AvgIpc) is 3.16. The second kappa shape index (κ2) is 7.59. The fourth-order valence-electron chi connectivity index (χ4n) is 3.36. The first kappa shape index (κ1) is 16.7. The maximum absolute atomic E-state index is 12.8. The number of piperidine rings is 1. The molecule has 3 heterocycles. The number of ether oxygens (including phenoxy) is 1. The van der Waals surface area contributed by atoms with Crippen LogP contribution in [0.5, 0.6) is 0 Å². The maximum Gasteiger partial charge on any atom is 0.310 e. The van der Waals surface area contributed by atoms with Crippen molar-refractivity contribution < 1.29 is 14.3 Å². The second-order valence-electron chi connectivity index (χ2n) is 6.30. The number of hydrogen-bond donors (Lipinski definition) is 0. The van der Waals surface area contributed by atoms with E-state index in [9.17, 15) is 9.59 Å². The van der Waals surface area contributed by atoms with Crippen LogP contribution in [0.4, 0.5) is 5.82 Å². The van der Waals surface area contributed by atoms with Gasteiger partial charge in [0, 0.05) is 32.2 Å². The minimum Gasteiger partial charge on any atom is -0.466 e. The van der Waals surface area contributed by atoms with E-state index in [1.54, 1.807) is 17.9 Å². The van der Waals surface area contributed by atoms with Gasteiger partial charge >= 0.3 is 5.97 Å². The third-order valence-corrected chi connectivity index (χ3v) is 4.63. The number of esters is 1. The van der Waals surface area contributed by atoms with E-state index in [0.29, 0.717) is 25.4 Å². The van der Waals surface area contributed by atoms with Crippen LogP contribution >= 0.6 is 0 Å². The van der Waals surface area contributed by atoms with Gasteiger partial charge in [-0.05, 0) is 32.6 Å². The summed E-state index contributed by atoms with van der Waals surface area (Å²) in [6.07, 6.45) is 5.33. The molecule has 2 fully saturated rings. The van der Waals surface area contributed by atoms with Crippen LogP contribution in [-0.4, -0.2) is 59.5 Å². The van der Waals surface area contributed by atoms with E-state index >= 15 is 0 Å². The molecule has 0 aromatic carbocycles. The molecule has 1 atom stereocenters. The molecule has 2 aliphatic rings. The molecule has 1 amide bonds. The van der Waals surface area contributed by atoms with Crippen molar-refractivity contribution >= 4 is 17.7 Å². The molecule has 0 N–H and O–H groups in total. The number of carbonyl (C=O) groups is 2. The molecule has 0 bridgehead atoms. The van der Waals surface area contributed by atoms with Crippen LogP contribution in [0.2, 0.25) is 0 Å².